The second-order valence-electron chi connectivity index (χ2n) is 3.62. The quantitative estimate of drug-likeness (QED) is 0.656. The van der Waals surface area contributed by atoms with Gasteiger partial charge in [-0.3, -0.25) is 4.98 Å². The summed E-state index contributed by atoms with van der Waals surface area (Å²) in [5.41, 5.74) is 2.76. The Hall–Kier alpha value is -2.00. The molecule has 0 N–H and O–H groups in total. The molecule has 0 spiro atoms. The Labute approximate surface area is 103 Å². The van der Waals surface area contributed by atoms with E-state index in [9.17, 15) is 0 Å². The second kappa shape index (κ2) is 4.11. The first-order valence-electron chi connectivity index (χ1n) is 5.18. The number of fused-ring (bicyclic) bond motifs is 1. The van der Waals surface area contributed by atoms with E-state index in [1.54, 1.807) is 12.3 Å². The van der Waals surface area contributed by atoms with Crippen LogP contribution >= 0.6 is 11.6 Å². The molecule has 0 fully saturated rings. The lowest BCUT2D eigenvalue weighted by molar-refractivity contribution is 1.04. The van der Waals surface area contributed by atoms with Gasteiger partial charge in [0.25, 0.3) is 0 Å². The third-order valence-electron chi connectivity index (χ3n) is 2.55. The number of pyridine rings is 1. The monoisotopic (exact) mass is 241 g/mol. The zero-order chi connectivity index (χ0) is 11.7. The van der Waals surface area contributed by atoms with Crippen molar-refractivity contribution < 1.29 is 0 Å². The molecular weight excluding hydrogens is 234 g/mol. The molecule has 2 heterocycles. The predicted octanol–water partition coefficient (Wildman–Crippen LogP) is 3.35. The predicted molar refractivity (Wildman–Crippen MR) is 67.8 cm³/mol. The van der Waals surface area contributed by atoms with Crippen molar-refractivity contribution >= 4 is 22.5 Å². The van der Waals surface area contributed by atoms with Gasteiger partial charge in [-0.25, -0.2) is 0 Å². The Morgan fingerprint density at radius 3 is 2.65 bits per heavy atom. The molecule has 4 heteroatoms. The van der Waals surface area contributed by atoms with Gasteiger partial charge in [-0.1, -0.05) is 29.8 Å². The lowest BCUT2D eigenvalue weighted by atomic mass is 10.1. The van der Waals surface area contributed by atoms with E-state index in [0.29, 0.717) is 5.15 Å². The van der Waals surface area contributed by atoms with Gasteiger partial charge in [-0.15, -0.1) is 10.2 Å². The number of hydrogen-bond donors (Lipinski definition) is 0. The molecule has 0 unspecified atom stereocenters. The minimum atomic E-state index is 0.395. The van der Waals surface area contributed by atoms with Crippen LogP contribution in [0.5, 0.6) is 0 Å². The second-order valence-corrected chi connectivity index (χ2v) is 4.00. The third-order valence-corrected chi connectivity index (χ3v) is 2.76. The molecule has 2 aromatic heterocycles. The zero-order valence-electron chi connectivity index (χ0n) is 8.84. The Morgan fingerprint density at radius 2 is 1.82 bits per heavy atom. The number of aromatic nitrogens is 3. The van der Waals surface area contributed by atoms with E-state index in [4.69, 9.17) is 11.6 Å². The van der Waals surface area contributed by atoms with E-state index in [-0.39, 0.29) is 0 Å². The Morgan fingerprint density at radius 1 is 0.882 bits per heavy atom. The van der Waals surface area contributed by atoms with Crippen molar-refractivity contribution in [2.75, 3.05) is 0 Å². The summed E-state index contributed by atoms with van der Waals surface area (Å²) >= 11 is 5.73. The van der Waals surface area contributed by atoms with Gasteiger partial charge in [0, 0.05) is 17.1 Å². The van der Waals surface area contributed by atoms with Crippen LogP contribution in [0, 0.1) is 0 Å². The standard InChI is InChI=1S/C13H8ClN3/c14-13-7-6-12(16-17-13)10-3-1-5-11-9(10)4-2-8-15-11/h1-8H. The lowest BCUT2D eigenvalue weighted by Gasteiger charge is -2.04. The van der Waals surface area contributed by atoms with Crippen molar-refractivity contribution in [3.05, 3.63) is 53.8 Å². The minimum absolute atomic E-state index is 0.395. The van der Waals surface area contributed by atoms with Gasteiger partial charge in [-0.05, 0) is 24.3 Å². The largest absolute Gasteiger partial charge is 0.256 e. The molecule has 17 heavy (non-hydrogen) atoms. The van der Waals surface area contributed by atoms with Gasteiger partial charge in [0.15, 0.2) is 5.15 Å². The molecule has 1 aromatic carbocycles. The van der Waals surface area contributed by atoms with Crippen LogP contribution < -0.4 is 0 Å². The van der Waals surface area contributed by atoms with Gasteiger partial charge in [0.2, 0.25) is 0 Å². The Bertz CT molecular complexity index is 660. The fourth-order valence-electron chi connectivity index (χ4n) is 1.79. The van der Waals surface area contributed by atoms with Crippen LogP contribution in [0.25, 0.3) is 22.2 Å². The number of benzene rings is 1. The smallest absolute Gasteiger partial charge is 0.151 e. The van der Waals surface area contributed by atoms with Crippen LogP contribution in [0.3, 0.4) is 0 Å². The first-order chi connectivity index (χ1) is 8.34. The van der Waals surface area contributed by atoms with Crippen molar-refractivity contribution in [3.8, 4) is 11.3 Å². The highest BCUT2D eigenvalue weighted by Gasteiger charge is 2.05. The van der Waals surface area contributed by atoms with Gasteiger partial charge in [0.05, 0.1) is 11.2 Å². The molecule has 82 valence electrons. The molecule has 0 bridgehead atoms. The molecule has 3 rings (SSSR count). The highest BCUT2D eigenvalue weighted by atomic mass is 35.5. The van der Waals surface area contributed by atoms with Gasteiger partial charge in [0.1, 0.15) is 0 Å². The van der Waals surface area contributed by atoms with E-state index < -0.39 is 0 Å². The summed E-state index contributed by atoms with van der Waals surface area (Å²) in [5.74, 6) is 0. The van der Waals surface area contributed by atoms with Crippen LogP contribution in [-0.2, 0) is 0 Å². The normalized spacial score (nSPS) is 10.6. The minimum Gasteiger partial charge on any atom is -0.256 e. The molecule has 0 atom stereocenters. The molecule has 0 aliphatic heterocycles. The van der Waals surface area contributed by atoms with Crippen molar-refractivity contribution in [2.45, 2.75) is 0 Å². The lowest BCUT2D eigenvalue weighted by Crippen LogP contribution is -1.89. The number of halogens is 1. The highest BCUT2D eigenvalue weighted by molar-refractivity contribution is 6.29. The van der Waals surface area contributed by atoms with E-state index in [2.05, 4.69) is 15.2 Å². The van der Waals surface area contributed by atoms with Crippen molar-refractivity contribution in [3.63, 3.8) is 0 Å². The van der Waals surface area contributed by atoms with Gasteiger partial charge in [-0.2, -0.15) is 0 Å². The van der Waals surface area contributed by atoms with Crippen molar-refractivity contribution in [2.24, 2.45) is 0 Å². The molecule has 3 nitrogen and oxygen atoms in total. The average molecular weight is 242 g/mol. The van der Waals surface area contributed by atoms with Crippen LogP contribution in [0.1, 0.15) is 0 Å². The van der Waals surface area contributed by atoms with Crippen LogP contribution in [-0.4, -0.2) is 15.2 Å². The molecular formula is C13H8ClN3. The van der Waals surface area contributed by atoms with Crippen LogP contribution in [0.15, 0.2) is 48.7 Å². The summed E-state index contributed by atoms with van der Waals surface area (Å²) in [6.45, 7) is 0. The maximum absolute atomic E-state index is 5.73. The number of hydrogen-bond acceptors (Lipinski definition) is 3. The summed E-state index contributed by atoms with van der Waals surface area (Å²) < 4.78 is 0. The Balaban J connectivity index is 2.27. The fraction of sp³-hybridized carbons (Fsp3) is 0. The molecule has 0 aliphatic carbocycles. The molecule has 0 saturated carbocycles. The molecule has 0 radical (unpaired) electrons. The Kier molecular flexibility index (Phi) is 2.46. The first kappa shape index (κ1) is 10.2. The zero-order valence-corrected chi connectivity index (χ0v) is 9.59. The average Bonchev–Trinajstić information content (AvgIpc) is 2.39. The highest BCUT2D eigenvalue weighted by Crippen LogP contribution is 2.25. The third kappa shape index (κ3) is 1.85. The van der Waals surface area contributed by atoms with E-state index >= 15 is 0 Å². The molecule has 0 aliphatic rings. The van der Waals surface area contributed by atoms with E-state index in [0.717, 1.165) is 22.2 Å². The molecule has 0 saturated heterocycles. The van der Waals surface area contributed by atoms with Crippen molar-refractivity contribution in [1.29, 1.82) is 0 Å². The SMILES string of the molecule is Clc1ccc(-c2cccc3ncccc23)nn1. The maximum Gasteiger partial charge on any atom is 0.151 e. The summed E-state index contributed by atoms with van der Waals surface area (Å²) in [6, 6.07) is 13.5. The topological polar surface area (TPSA) is 38.7 Å². The van der Waals surface area contributed by atoms with Crippen LogP contribution in [0.4, 0.5) is 0 Å². The summed E-state index contributed by atoms with van der Waals surface area (Å²) in [6.07, 6.45) is 1.78. The maximum atomic E-state index is 5.73. The summed E-state index contributed by atoms with van der Waals surface area (Å²) in [5, 5.41) is 9.40. The summed E-state index contributed by atoms with van der Waals surface area (Å²) in [7, 11) is 0. The van der Waals surface area contributed by atoms with Gasteiger partial charge >= 0.3 is 0 Å². The molecule has 0 amide bonds. The van der Waals surface area contributed by atoms with E-state index in [1.165, 1.54) is 0 Å². The fourth-order valence-corrected chi connectivity index (χ4v) is 1.89. The summed E-state index contributed by atoms with van der Waals surface area (Å²) in [4.78, 5) is 4.31. The number of rotatable bonds is 1. The number of nitrogens with zero attached hydrogens (tertiary/aromatic N) is 3. The molecule has 3 aromatic rings. The van der Waals surface area contributed by atoms with Gasteiger partial charge < -0.3 is 0 Å². The van der Waals surface area contributed by atoms with Crippen molar-refractivity contribution in [1.82, 2.24) is 15.2 Å². The van der Waals surface area contributed by atoms with E-state index in [1.807, 2.05) is 36.4 Å². The van der Waals surface area contributed by atoms with Crippen LogP contribution in [0.2, 0.25) is 5.15 Å². The first-order valence-corrected chi connectivity index (χ1v) is 5.56.